The predicted molar refractivity (Wildman–Crippen MR) is 196 cm³/mol. The number of carbonyl (C=O) groups is 2. The van der Waals surface area contributed by atoms with Crippen LogP contribution in [0.15, 0.2) is 52.9 Å². The topological polar surface area (TPSA) is 123 Å². The van der Waals surface area contributed by atoms with Crippen molar-refractivity contribution in [3.05, 3.63) is 70.4 Å². The number of hydrogen-bond acceptors (Lipinski definition) is 8. The molecule has 51 heavy (non-hydrogen) atoms. The van der Waals surface area contributed by atoms with Crippen molar-refractivity contribution in [3.8, 4) is 22.6 Å². The number of piperidine rings is 1. The standard InChI is InChI=1S/C39H44ClN5O6/c1-22-19-29-34(32(23-7-10-26(40)11-8-23)31(22)35(37(46)47)51-39(2,3)4)50-36(41-29)25-9-12-30-28(20-25)33(42-43(30)5)24-13-16-44(17-14-24)27-15-18-45(21-27)38(48)49-6/h7-12,19-20,24,27,35H,13-18,21H2,1-6H3,(H,46,47)/t27-,35?/m1/s1. The zero-order chi connectivity index (χ0) is 36.2. The highest BCUT2D eigenvalue weighted by Gasteiger charge is 2.35. The molecule has 5 aromatic rings. The van der Waals surface area contributed by atoms with Crippen LogP contribution in [0.25, 0.3) is 44.6 Å². The van der Waals surface area contributed by atoms with Gasteiger partial charge in [0.1, 0.15) is 5.52 Å². The van der Waals surface area contributed by atoms with Crippen molar-refractivity contribution in [1.29, 1.82) is 0 Å². The van der Waals surface area contributed by atoms with Gasteiger partial charge < -0.3 is 23.9 Å². The van der Waals surface area contributed by atoms with Crippen LogP contribution in [-0.4, -0.2) is 86.7 Å². The minimum Gasteiger partial charge on any atom is -0.479 e. The van der Waals surface area contributed by atoms with E-state index >= 15 is 0 Å². The zero-order valence-corrected chi connectivity index (χ0v) is 30.7. The molecule has 0 bridgehead atoms. The van der Waals surface area contributed by atoms with E-state index in [1.54, 1.807) is 17.0 Å². The Bertz CT molecular complexity index is 2110. The van der Waals surface area contributed by atoms with Gasteiger partial charge >= 0.3 is 12.1 Å². The van der Waals surface area contributed by atoms with Crippen LogP contribution in [0.2, 0.25) is 5.02 Å². The Labute approximate surface area is 302 Å². The summed E-state index contributed by atoms with van der Waals surface area (Å²) in [6, 6.07) is 15.7. The summed E-state index contributed by atoms with van der Waals surface area (Å²) in [7, 11) is 3.41. The number of carboxylic acids is 1. The van der Waals surface area contributed by atoms with E-state index in [1.165, 1.54) is 7.11 Å². The average molecular weight is 714 g/mol. The Morgan fingerprint density at radius 2 is 1.73 bits per heavy atom. The second-order valence-corrected chi connectivity index (χ2v) is 15.2. The molecule has 12 heteroatoms. The molecule has 0 radical (unpaired) electrons. The summed E-state index contributed by atoms with van der Waals surface area (Å²) in [6.45, 7) is 10.7. The van der Waals surface area contributed by atoms with E-state index in [0.29, 0.717) is 51.6 Å². The van der Waals surface area contributed by atoms with Crippen LogP contribution < -0.4 is 0 Å². The fourth-order valence-electron chi connectivity index (χ4n) is 7.76. The number of nitrogens with zero attached hydrogens (tertiary/aromatic N) is 5. The van der Waals surface area contributed by atoms with Gasteiger partial charge in [-0.25, -0.2) is 14.6 Å². The van der Waals surface area contributed by atoms with Crippen molar-refractivity contribution < 1.29 is 28.6 Å². The Kier molecular flexibility index (Phi) is 9.32. The first-order valence-corrected chi connectivity index (χ1v) is 17.8. The number of likely N-dealkylation sites (tertiary alicyclic amines) is 2. The number of oxazole rings is 1. The molecule has 1 N–H and O–H groups in total. The lowest BCUT2D eigenvalue weighted by Gasteiger charge is -2.35. The van der Waals surface area contributed by atoms with Crippen LogP contribution in [0.5, 0.6) is 0 Å². The van der Waals surface area contributed by atoms with Gasteiger partial charge in [0.05, 0.1) is 23.9 Å². The summed E-state index contributed by atoms with van der Waals surface area (Å²) in [5.41, 5.74) is 5.89. The van der Waals surface area contributed by atoms with Crippen LogP contribution in [0.1, 0.15) is 68.9 Å². The Hall–Kier alpha value is -4.45. The number of aromatic nitrogens is 3. The third-order valence-corrected chi connectivity index (χ3v) is 10.4. The first kappa shape index (κ1) is 35.0. The van der Waals surface area contributed by atoms with E-state index in [9.17, 15) is 14.7 Å². The smallest absolute Gasteiger partial charge is 0.409 e. The third kappa shape index (κ3) is 6.82. The highest BCUT2D eigenvalue weighted by molar-refractivity contribution is 6.30. The molecule has 2 aromatic heterocycles. The molecule has 2 aliphatic rings. The molecule has 3 aromatic carbocycles. The first-order chi connectivity index (χ1) is 24.3. The van der Waals surface area contributed by atoms with E-state index < -0.39 is 17.7 Å². The van der Waals surface area contributed by atoms with E-state index in [1.807, 2.05) is 63.7 Å². The Morgan fingerprint density at radius 3 is 2.39 bits per heavy atom. The number of halogens is 1. The van der Waals surface area contributed by atoms with Crippen molar-refractivity contribution in [1.82, 2.24) is 24.6 Å². The monoisotopic (exact) mass is 713 g/mol. The number of rotatable bonds is 7. The molecule has 4 heterocycles. The molecule has 2 saturated heterocycles. The number of ether oxygens (including phenoxy) is 2. The van der Waals surface area contributed by atoms with Crippen LogP contribution in [0.4, 0.5) is 4.79 Å². The second kappa shape index (κ2) is 13.6. The van der Waals surface area contributed by atoms with Crippen LogP contribution >= 0.6 is 11.6 Å². The van der Waals surface area contributed by atoms with E-state index in [0.717, 1.165) is 72.2 Å². The maximum Gasteiger partial charge on any atom is 0.409 e. The fourth-order valence-corrected chi connectivity index (χ4v) is 7.89. The molecule has 1 unspecified atom stereocenters. The average Bonchev–Trinajstić information content (AvgIpc) is 3.84. The van der Waals surface area contributed by atoms with Crippen molar-refractivity contribution in [2.24, 2.45) is 7.05 Å². The molecule has 0 saturated carbocycles. The summed E-state index contributed by atoms with van der Waals surface area (Å²) < 4.78 is 19.6. The lowest BCUT2D eigenvalue weighted by atomic mass is 9.90. The molecule has 2 atom stereocenters. The van der Waals surface area contributed by atoms with Crippen LogP contribution in [0.3, 0.4) is 0 Å². The minimum absolute atomic E-state index is 0.252. The molecule has 268 valence electrons. The number of fused-ring (bicyclic) bond motifs is 2. The number of hydrogen-bond donors (Lipinski definition) is 1. The normalized spacial score (nSPS) is 18.2. The minimum atomic E-state index is -1.24. The summed E-state index contributed by atoms with van der Waals surface area (Å²) in [4.78, 5) is 34.0. The predicted octanol–water partition coefficient (Wildman–Crippen LogP) is 7.97. The molecule has 2 fully saturated rings. The number of methoxy groups -OCH3 is 1. The summed E-state index contributed by atoms with van der Waals surface area (Å²) in [5.74, 6) is -0.364. The van der Waals surface area contributed by atoms with Crippen molar-refractivity contribution in [2.45, 2.75) is 70.6 Å². The number of carbonyl (C=O) groups excluding carboxylic acids is 1. The van der Waals surface area contributed by atoms with E-state index in [4.69, 9.17) is 35.6 Å². The Morgan fingerprint density at radius 1 is 1.02 bits per heavy atom. The molecule has 1 amide bonds. The quantitative estimate of drug-likeness (QED) is 0.179. The lowest BCUT2D eigenvalue weighted by Crippen LogP contribution is -2.43. The van der Waals surface area contributed by atoms with Gasteiger partial charge in [0.15, 0.2) is 11.7 Å². The van der Waals surface area contributed by atoms with Gasteiger partial charge in [-0.05, 0) is 108 Å². The number of benzene rings is 3. The van der Waals surface area contributed by atoms with Crippen LogP contribution in [-0.2, 0) is 21.3 Å². The van der Waals surface area contributed by atoms with E-state index in [2.05, 4.69) is 17.0 Å². The maximum atomic E-state index is 12.7. The van der Waals surface area contributed by atoms with E-state index in [-0.39, 0.29) is 6.09 Å². The van der Waals surface area contributed by atoms with Crippen molar-refractivity contribution >= 4 is 45.7 Å². The first-order valence-electron chi connectivity index (χ1n) is 17.5. The Balaban J connectivity index is 1.24. The van der Waals surface area contributed by atoms with Gasteiger partial charge in [0.25, 0.3) is 0 Å². The molecule has 11 nitrogen and oxygen atoms in total. The highest BCUT2D eigenvalue weighted by Crippen LogP contribution is 2.43. The molecule has 7 rings (SSSR count). The summed E-state index contributed by atoms with van der Waals surface area (Å²) >= 11 is 6.27. The molecule has 0 aliphatic carbocycles. The van der Waals surface area contributed by atoms with Gasteiger partial charge in [0, 0.05) is 59.2 Å². The third-order valence-electron chi connectivity index (χ3n) is 10.2. The maximum absolute atomic E-state index is 12.7. The van der Waals surface area contributed by atoms with Gasteiger partial charge in [-0.1, -0.05) is 23.7 Å². The second-order valence-electron chi connectivity index (χ2n) is 14.7. The van der Waals surface area contributed by atoms with Gasteiger partial charge in [0.2, 0.25) is 5.89 Å². The molecule has 0 spiro atoms. The fraction of sp³-hybridized carbons (Fsp3) is 0.436. The number of carboxylic acid groups (broad SMARTS) is 1. The van der Waals surface area contributed by atoms with Crippen molar-refractivity contribution in [2.75, 3.05) is 33.3 Å². The lowest BCUT2D eigenvalue weighted by molar-refractivity contribution is -0.160. The molecular formula is C39H44ClN5O6. The zero-order valence-electron chi connectivity index (χ0n) is 29.9. The van der Waals surface area contributed by atoms with Crippen LogP contribution in [0, 0.1) is 6.92 Å². The number of aliphatic carboxylic acids is 1. The summed E-state index contributed by atoms with van der Waals surface area (Å²) in [5, 5.41) is 17.0. The van der Waals surface area contributed by atoms with Crippen molar-refractivity contribution in [3.63, 3.8) is 0 Å². The number of aryl methyl sites for hydroxylation is 2. The van der Waals surface area contributed by atoms with Gasteiger partial charge in [-0.3, -0.25) is 9.58 Å². The molecule has 2 aliphatic heterocycles. The number of amides is 1. The molecular weight excluding hydrogens is 670 g/mol. The highest BCUT2D eigenvalue weighted by atomic mass is 35.5. The van der Waals surface area contributed by atoms with Gasteiger partial charge in [-0.15, -0.1) is 0 Å². The largest absolute Gasteiger partial charge is 0.479 e. The summed E-state index contributed by atoms with van der Waals surface area (Å²) in [6.07, 6.45) is 1.41. The van der Waals surface area contributed by atoms with Gasteiger partial charge in [-0.2, -0.15) is 5.10 Å². The SMILES string of the molecule is COC(=O)N1CC[C@@H](N2CCC(c3nn(C)c4ccc(-c5nc6cc(C)c(C(OC(C)(C)C)C(=O)O)c(-c7ccc(Cl)cc7)c6o5)cc34)CC2)C1.